The van der Waals surface area contributed by atoms with E-state index < -0.39 is 0 Å². The highest BCUT2D eigenvalue weighted by atomic mass is 35.5. The lowest BCUT2D eigenvalue weighted by molar-refractivity contribution is -0.141. The van der Waals surface area contributed by atoms with Crippen LogP contribution in [-0.2, 0) is 9.59 Å². The average molecular weight is 290 g/mol. The standard InChI is InChI=1S/C13H23N3O2.ClH/c1-9-4-5-16(11(6-9)7-14)13(18)10-2-3-12(17)15-8-10;/h9-11H,2-8,14H2,1H3,(H,15,17);1H. The van der Waals surface area contributed by atoms with Crippen molar-refractivity contribution < 1.29 is 9.59 Å². The Morgan fingerprint density at radius 3 is 2.79 bits per heavy atom. The van der Waals surface area contributed by atoms with E-state index >= 15 is 0 Å². The summed E-state index contributed by atoms with van der Waals surface area (Å²) in [5.41, 5.74) is 5.78. The van der Waals surface area contributed by atoms with Crippen LogP contribution < -0.4 is 11.1 Å². The van der Waals surface area contributed by atoms with Gasteiger partial charge in [-0.3, -0.25) is 9.59 Å². The zero-order valence-corrected chi connectivity index (χ0v) is 12.2. The second kappa shape index (κ2) is 7.10. The Kier molecular flexibility index (Phi) is 6.07. The van der Waals surface area contributed by atoms with Crippen LogP contribution in [0.15, 0.2) is 0 Å². The van der Waals surface area contributed by atoms with E-state index in [0.29, 0.717) is 31.8 Å². The van der Waals surface area contributed by atoms with Crippen molar-refractivity contribution >= 4 is 24.2 Å². The summed E-state index contributed by atoms with van der Waals surface area (Å²) in [5.74, 6) is 0.831. The van der Waals surface area contributed by atoms with Crippen molar-refractivity contribution in [2.24, 2.45) is 17.6 Å². The molecule has 0 aromatic rings. The number of hydrogen-bond acceptors (Lipinski definition) is 3. The molecule has 2 aliphatic rings. The molecule has 2 fully saturated rings. The zero-order valence-electron chi connectivity index (χ0n) is 11.4. The molecule has 0 bridgehead atoms. The number of amides is 2. The quantitative estimate of drug-likeness (QED) is 0.778. The first-order chi connectivity index (χ1) is 8.61. The lowest BCUT2D eigenvalue weighted by Crippen LogP contribution is -2.53. The molecule has 6 heteroatoms. The molecule has 2 heterocycles. The lowest BCUT2D eigenvalue weighted by atomic mass is 9.89. The number of carbonyl (C=O) groups is 2. The molecule has 0 saturated carbocycles. The number of piperidine rings is 2. The van der Waals surface area contributed by atoms with Gasteiger partial charge in [0.1, 0.15) is 0 Å². The largest absolute Gasteiger partial charge is 0.355 e. The number of likely N-dealkylation sites (tertiary alicyclic amines) is 1. The molecule has 0 spiro atoms. The Hall–Kier alpha value is -0.810. The van der Waals surface area contributed by atoms with Crippen LogP contribution in [0.4, 0.5) is 0 Å². The van der Waals surface area contributed by atoms with Crippen molar-refractivity contribution in [2.75, 3.05) is 19.6 Å². The van der Waals surface area contributed by atoms with Crippen LogP contribution >= 0.6 is 12.4 Å². The van der Waals surface area contributed by atoms with Gasteiger partial charge in [0.25, 0.3) is 0 Å². The van der Waals surface area contributed by atoms with Crippen LogP contribution in [-0.4, -0.2) is 42.4 Å². The van der Waals surface area contributed by atoms with Gasteiger partial charge in [0.2, 0.25) is 11.8 Å². The summed E-state index contributed by atoms with van der Waals surface area (Å²) in [6.45, 7) is 4.05. The molecule has 0 aromatic heterocycles. The molecule has 5 nitrogen and oxygen atoms in total. The highest BCUT2D eigenvalue weighted by Gasteiger charge is 2.34. The second-order valence-corrected chi connectivity index (χ2v) is 5.59. The molecule has 2 aliphatic heterocycles. The minimum Gasteiger partial charge on any atom is -0.355 e. The highest BCUT2D eigenvalue weighted by Crippen LogP contribution is 2.25. The van der Waals surface area contributed by atoms with E-state index in [2.05, 4.69) is 12.2 Å². The Bertz CT molecular complexity index is 328. The molecule has 3 N–H and O–H groups in total. The topological polar surface area (TPSA) is 75.4 Å². The van der Waals surface area contributed by atoms with Gasteiger partial charge < -0.3 is 16.0 Å². The van der Waals surface area contributed by atoms with Gasteiger partial charge in [-0.2, -0.15) is 0 Å². The number of nitrogens with two attached hydrogens (primary N) is 1. The SMILES string of the molecule is CC1CCN(C(=O)C2CCC(=O)NC2)C(CN)C1.Cl. The van der Waals surface area contributed by atoms with Gasteiger partial charge in [-0.1, -0.05) is 6.92 Å². The number of hydrogen-bond donors (Lipinski definition) is 2. The minimum absolute atomic E-state index is 0. The zero-order chi connectivity index (χ0) is 13.1. The average Bonchev–Trinajstić information content (AvgIpc) is 2.38. The maximum absolute atomic E-state index is 12.5. The lowest BCUT2D eigenvalue weighted by Gasteiger charge is -2.40. The van der Waals surface area contributed by atoms with Crippen LogP contribution in [0.2, 0.25) is 0 Å². The van der Waals surface area contributed by atoms with Crippen molar-refractivity contribution in [3.8, 4) is 0 Å². The molecule has 2 amide bonds. The highest BCUT2D eigenvalue weighted by molar-refractivity contribution is 5.85. The Labute approximate surface area is 120 Å². The maximum atomic E-state index is 12.5. The van der Waals surface area contributed by atoms with Crippen molar-refractivity contribution in [3.05, 3.63) is 0 Å². The molecule has 3 unspecified atom stereocenters. The molecule has 2 saturated heterocycles. The number of carbonyl (C=O) groups excluding carboxylic acids is 2. The predicted octanol–water partition coefficient (Wildman–Crippen LogP) is 0.520. The second-order valence-electron chi connectivity index (χ2n) is 5.59. The molecule has 2 rings (SSSR count). The molecular weight excluding hydrogens is 266 g/mol. The van der Waals surface area contributed by atoms with Gasteiger partial charge >= 0.3 is 0 Å². The van der Waals surface area contributed by atoms with Gasteiger partial charge in [-0.15, -0.1) is 12.4 Å². The molecule has 19 heavy (non-hydrogen) atoms. The third kappa shape index (κ3) is 3.83. The van der Waals surface area contributed by atoms with Crippen molar-refractivity contribution in [1.82, 2.24) is 10.2 Å². The van der Waals surface area contributed by atoms with E-state index in [0.717, 1.165) is 19.4 Å². The van der Waals surface area contributed by atoms with E-state index in [1.807, 2.05) is 4.90 Å². The van der Waals surface area contributed by atoms with E-state index in [1.165, 1.54) is 0 Å². The molecule has 0 radical (unpaired) electrons. The van der Waals surface area contributed by atoms with Crippen LogP contribution in [0.5, 0.6) is 0 Å². The van der Waals surface area contributed by atoms with Crippen molar-refractivity contribution in [3.63, 3.8) is 0 Å². The van der Waals surface area contributed by atoms with Gasteiger partial charge in [-0.25, -0.2) is 0 Å². The third-order valence-electron chi connectivity index (χ3n) is 4.15. The summed E-state index contributed by atoms with van der Waals surface area (Å²) in [6.07, 6.45) is 3.20. The summed E-state index contributed by atoms with van der Waals surface area (Å²) in [7, 11) is 0. The fraction of sp³-hybridized carbons (Fsp3) is 0.846. The summed E-state index contributed by atoms with van der Waals surface area (Å²) in [4.78, 5) is 25.5. The fourth-order valence-electron chi connectivity index (χ4n) is 2.94. The molecule has 110 valence electrons. The minimum atomic E-state index is -0.0508. The third-order valence-corrected chi connectivity index (χ3v) is 4.15. The van der Waals surface area contributed by atoms with Crippen LogP contribution in [0.1, 0.15) is 32.6 Å². The summed E-state index contributed by atoms with van der Waals surface area (Å²) >= 11 is 0. The number of nitrogens with one attached hydrogen (secondary N) is 1. The van der Waals surface area contributed by atoms with Crippen LogP contribution in [0, 0.1) is 11.8 Å². The van der Waals surface area contributed by atoms with Gasteiger partial charge in [0.15, 0.2) is 0 Å². The Morgan fingerprint density at radius 2 is 2.21 bits per heavy atom. The van der Waals surface area contributed by atoms with Crippen molar-refractivity contribution in [2.45, 2.75) is 38.6 Å². The fourth-order valence-corrected chi connectivity index (χ4v) is 2.94. The first-order valence-corrected chi connectivity index (χ1v) is 6.89. The monoisotopic (exact) mass is 289 g/mol. The van der Waals surface area contributed by atoms with Crippen LogP contribution in [0.25, 0.3) is 0 Å². The van der Waals surface area contributed by atoms with E-state index in [-0.39, 0.29) is 36.2 Å². The number of rotatable bonds is 2. The summed E-state index contributed by atoms with van der Waals surface area (Å²) in [5, 5.41) is 2.78. The Balaban J connectivity index is 0.00000180. The molecule has 3 atom stereocenters. The van der Waals surface area contributed by atoms with E-state index in [1.54, 1.807) is 0 Å². The molecular formula is C13H24ClN3O2. The normalized spacial score (nSPS) is 31.4. The number of nitrogens with zero attached hydrogens (tertiary/aromatic N) is 1. The maximum Gasteiger partial charge on any atom is 0.227 e. The van der Waals surface area contributed by atoms with Crippen LogP contribution in [0.3, 0.4) is 0 Å². The van der Waals surface area contributed by atoms with E-state index in [9.17, 15) is 9.59 Å². The van der Waals surface area contributed by atoms with Gasteiger partial charge in [-0.05, 0) is 25.2 Å². The molecule has 0 aliphatic carbocycles. The first kappa shape index (κ1) is 16.2. The first-order valence-electron chi connectivity index (χ1n) is 6.89. The smallest absolute Gasteiger partial charge is 0.227 e. The summed E-state index contributed by atoms with van der Waals surface area (Å²) in [6, 6.07) is 0.180. The predicted molar refractivity (Wildman–Crippen MR) is 75.9 cm³/mol. The number of halogens is 1. The van der Waals surface area contributed by atoms with Gasteiger partial charge in [0.05, 0.1) is 5.92 Å². The van der Waals surface area contributed by atoms with Gasteiger partial charge in [0, 0.05) is 32.1 Å². The molecule has 0 aromatic carbocycles. The summed E-state index contributed by atoms with van der Waals surface area (Å²) < 4.78 is 0. The van der Waals surface area contributed by atoms with E-state index in [4.69, 9.17) is 5.73 Å². The van der Waals surface area contributed by atoms with Crippen molar-refractivity contribution in [1.29, 1.82) is 0 Å². The Morgan fingerprint density at radius 1 is 1.47 bits per heavy atom.